The van der Waals surface area contributed by atoms with Crippen LogP contribution < -0.4 is 5.32 Å². The zero-order valence-corrected chi connectivity index (χ0v) is 8.43. The van der Waals surface area contributed by atoms with E-state index < -0.39 is 0 Å². The summed E-state index contributed by atoms with van der Waals surface area (Å²) in [6.07, 6.45) is 0. The van der Waals surface area contributed by atoms with Crippen LogP contribution in [-0.2, 0) is 4.74 Å². The molecule has 0 aliphatic rings. The van der Waals surface area contributed by atoms with E-state index in [9.17, 15) is 0 Å². The van der Waals surface area contributed by atoms with Crippen molar-refractivity contribution < 1.29 is 4.74 Å². The Balaban J connectivity index is 2.98. The van der Waals surface area contributed by atoms with E-state index in [0.29, 0.717) is 22.2 Å². The molecule has 1 rings (SSSR count). The minimum Gasteiger partial charge on any atom is -0.483 e. The average Bonchev–Trinajstić information content (AvgIpc) is 2.20. The number of hydrogen-bond acceptors (Lipinski definition) is 3. The zero-order valence-electron chi connectivity index (χ0n) is 7.67. The van der Waals surface area contributed by atoms with Crippen molar-refractivity contribution >= 4 is 17.3 Å². The highest BCUT2D eigenvalue weighted by atomic mass is 35.5. The molecule has 0 fully saturated rings. The van der Waals surface area contributed by atoms with Gasteiger partial charge in [0.1, 0.15) is 6.07 Å². The Morgan fingerprint density at radius 1 is 1.64 bits per heavy atom. The summed E-state index contributed by atoms with van der Waals surface area (Å²) in [7, 11) is 1.50. The molecule has 0 saturated carbocycles. The second kappa shape index (κ2) is 4.54. The number of ether oxygens (including phenoxy) is 1. The first-order chi connectivity index (χ1) is 6.67. The van der Waals surface area contributed by atoms with Crippen molar-refractivity contribution in [2.24, 2.45) is 0 Å². The summed E-state index contributed by atoms with van der Waals surface area (Å²) < 4.78 is 4.84. The smallest absolute Gasteiger partial charge is 0.183 e. The van der Waals surface area contributed by atoms with Crippen molar-refractivity contribution in [3.05, 3.63) is 41.2 Å². The molecule has 0 radical (unpaired) electrons. The third-order valence-electron chi connectivity index (χ3n) is 1.62. The van der Waals surface area contributed by atoms with Crippen molar-refractivity contribution in [2.75, 3.05) is 12.4 Å². The molecule has 0 unspecified atom stereocenters. The first-order valence-electron chi connectivity index (χ1n) is 3.87. The number of benzene rings is 1. The van der Waals surface area contributed by atoms with Crippen molar-refractivity contribution in [1.82, 2.24) is 0 Å². The van der Waals surface area contributed by atoms with Crippen molar-refractivity contribution in [1.29, 1.82) is 5.26 Å². The minimum atomic E-state index is 0.379. The molecular formula is C10H9ClN2O. The Morgan fingerprint density at radius 2 is 2.36 bits per heavy atom. The van der Waals surface area contributed by atoms with E-state index in [2.05, 4.69) is 11.9 Å². The molecule has 0 saturated heterocycles. The fourth-order valence-electron chi connectivity index (χ4n) is 0.919. The highest BCUT2D eigenvalue weighted by Gasteiger charge is 2.03. The molecule has 0 aromatic heterocycles. The molecule has 0 heterocycles. The standard InChI is InChI=1S/C10H9ClN2O/c1-7(14-2)13-10-4-3-9(11)5-8(10)6-12/h3-5,13H,1H2,2H3. The van der Waals surface area contributed by atoms with Gasteiger partial charge in [-0.3, -0.25) is 0 Å². The summed E-state index contributed by atoms with van der Waals surface area (Å²) in [6, 6.07) is 6.99. The monoisotopic (exact) mass is 208 g/mol. The quantitative estimate of drug-likeness (QED) is 0.777. The van der Waals surface area contributed by atoms with E-state index in [1.807, 2.05) is 6.07 Å². The highest BCUT2D eigenvalue weighted by Crippen LogP contribution is 2.20. The van der Waals surface area contributed by atoms with E-state index >= 15 is 0 Å². The summed E-state index contributed by atoms with van der Waals surface area (Å²) in [5.41, 5.74) is 1.08. The number of nitrogens with zero attached hydrogens (tertiary/aromatic N) is 1. The van der Waals surface area contributed by atoms with Gasteiger partial charge in [0.25, 0.3) is 0 Å². The normalized spacial score (nSPS) is 8.93. The SMILES string of the molecule is C=C(Nc1ccc(Cl)cc1C#N)OC. The molecule has 0 aliphatic carbocycles. The molecule has 0 bridgehead atoms. The van der Waals surface area contributed by atoms with Gasteiger partial charge in [0, 0.05) is 5.02 Å². The van der Waals surface area contributed by atoms with Gasteiger partial charge >= 0.3 is 0 Å². The number of hydrogen-bond donors (Lipinski definition) is 1. The largest absolute Gasteiger partial charge is 0.483 e. The number of rotatable bonds is 3. The van der Waals surface area contributed by atoms with Gasteiger partial charge in [0.15, 0.2) is 5.88 Å². The predicted molar refractivity (Wildman–Crippen MR) is 55.9 cm³/mol. The minimum absolute atomic E-state index is 0.379. The summed E-state index contributed by atoms with van der Waals surface area (Å²) in [5, 5.41) is 12.2. The fraction of sp³-hybridized carbons (Fsp3) is 0.100. The molecule has 1 aromatic carbocycles. The van der Waals surface area contributed by atoms with Crippen LogP contribution >= 0.6 is 11.6 Å². The molecule has 0 amide bonds. The Hall–Kier alpha value is -1.66. The molecule has 3 nitrogen and oxygen atoms in total. The van der Waals surface area contributed by atoms with E-state index in [-0.39, 0.29) is 0 Å². The van der Waals surface area contributed by atoms with Gasteiger partial charge < -0.3 is 10.1 Å². The second-order valence-corrected chi connectivity index (χ2v) is 2.99. The van der Waals surface area contributed by atoms with Gasteiger partial charge in [0.2, 0.25) is 0 Å². The Morgan fingerprint density at radius 3 is 2.93 bits per heavy atom. The molecule has 0 atom stereocenters. The first kappa shape index (κ1) is 10.4. The van der Waals surface area contributed by atoms with Crippen LogP contribution in [-0.4, -0.2) is 7.11 Å². The van der Waals surface area contributed by atoms with Crippen LogP contribution in [0.2, 0.25) is 5.02 Å². The van der Waals surface area contributed by atoms with Gasteiger partial charge in [-0.1, -0.05) is 11.6 Å². The number of anilines is 1. The van der Waals surface area contributed by atoms with Gasteiger partial charge in [-0.15, -0.1) is 0 Å². The predicted octanol–water partition coefficient (Wildman–Crippen LogP) is 2.74. The van der Waals surface area contributed by atoms with Crippen LogP contribution in [0.4, 0.5) is 5.69 Å². The van der Waals surface area contributed by atoms with Gasteiger partial charge in [-0.05, 0) is 24.8 Å². The van der Waals surface area contributed by atoms with Crippen molar-refractivity contribution in [2.45, 2.75) is 0 Å². The molecule has 72 valence electrons. The van der Waals surface area contributed by atoms with Crippen LogP contribution in [0, 0.1) is 11.3 Å². The maximum atomic E-state index is 8.81. The van der Waals surface area contributed by atoms with E-state index in [1.165, 1.54) is 7.11 Å². The van der Waals surface area contributed by atoms with Gasteiger partial charge in [-0.25, -0.2) is 0 Å². The third-order valence-corrected chi connectivity index (χ3v) is 1.86. The summed E-state index contributed by atoms with van der Waals surface area (Å²) >= 11 is 5.73. The topological polar surface area (TPSA) is 45.0 Å². The van der Waals surface area contributed by atoms with Crippen LogP contribution in [0.1, 0.15) is 5.56 Å². The van der Waals surface area contributed by atoms with E-state index in [0.717, 1.165) is 0 Å². The van der Waals surface area contributed by atoms with Crippen LogP contribution in [0.5, 0.6) is 0 Å². The van der Waals surface area contributed by atoms with Crippen LogP contribution in [0.25, 0.3) is 0 Å². The molecule has 14 heavy (non-hydrogen) atoms. The molecule has 0 spiro atoms. The van der Waals surface area contributed by atoms with Gasteiger partial charge in [0.05, 0.1) is 18.4 Å². The number of halogens is 1. The van der Waals surface area contributed by atoms with Gasteiger partial charge in [-0.2, -0.15) is 5.26 Å². The molecule has 1 N–H and O–H groups in total. The fourth-order valence-corrected chi connectivity index (χ4v) is 1.09. The highest BCUT2D eigenvalue weighted by molar-refractivity contribution is 6.30. The summed E-state index contributed by atoms with van der Waals surface area (Å²) in [6.45, 7) is 3.59. The summed E-state index contributed by atoms with van der Waals surface area (Å²) in [4.78, 5) is 0. The number of nitriles is 1. The van der Waals surface area contributed by atoms with Crippen molar-refractivity contribution in [3.63, 3.8) is 0 Å². The lowest BCUT2D eigenvalue weighted by atomic mass is 10.2. The zero-order chi connectivity index (χ0) is 10.6. The molecule has 1 aromatic rings. The van der Waals surface area contributed by atoms with Crippen LogP contribution in [0.3, 0.4) is 0 Å². The van der Waals surface area contributed by atoms with Crippen molar-refractivity contribution in [3.8, 4) is 6.07 Å². The lowest BCUT2D eigenvalue weighted by molar-refractivity contribution is 0.299. The molecule has 0 aliphatic heterocycles. The van der Waals surface area contributed by atoms with Crippen LogP contribution in [0.15, 0.2) is 30.7 Å². The maximum Gasteiger partial charge on any atom is 0.183 e. The first-order valence-corrected chi connectivity index (χ1v) is 4.24. The lowest BCUT2D eigenvalue weighted by Crippen LogP contribution is -2.01. The number of methoxy groups -OCH3 is 1. The Kier molecular flexibility index (Phi) is 3.38. The third kappa shape index (κ3) is 2.41. The Bertz CT molecular complexity index is 396. The molecule has 4 heteroatoms. The summed E-state index contributed by atoms with van der Waals surface area (Å²) in [5.74, 6) is 0.379. The lowest BCUT2D eigenvalue weighted by Gasteiger charge is -2.09. The van der Waals surface area contributed by atoms with E-state index in [1.54, 1.807) is 18.2 Å². The average molecular weight is 209 g/mol. The number of nitrogens with one attached hydrogen (secondary N) is 1. The second-order valence-electron chi connectivity index (χ2n) is 2.55. The van der Waals surface area contributed by atoms with E-state index in [4.69, 9.17) is 21.6 Å². The molecular weight excluding hydrogens is 200 g/mol. The maximum absolute atomic E-state index is 8.81. The Labute approximate surface area is 87.6 Å².